The van der Waals surface area contributed by atoms with Gasteiger partial charge in [0.05, 0.1) is 11.6 Å². The number of aromatic nitrogens is 2. The normalized spacial score (nSPS) is 9.50. The third kappa shape index (κ3) is 1.98. The second-order valence-electron chi connectivity index (χ2n) is 3.30. The maximum absolute atomic E-state index is 8.70. The smallest absolute Gasteiger partial charge is 0.155 e. The molecular formula is C12H10N4. The van der Waals surface area contributed by atoms with Crippen LogP contribution in [0.5, 0.6) is 0 Å². The van der Waals surface area contributed by atoms with Gasteiger partial charge in [0.2, 0.25) is 0 Å². The van der Waals surface area contributed by atoms with Crippen LogP contribution in [0.4, 0.5) is 11.5 Å². The Morgan fingerprint density at radius 2 is 1.94 bits per heavy atom. The van der Waals surface area contributed by atoms with E-state index in [1.807, 2.05) is 36.2 Å². The highest BCUT2D eigenvalue weighted by Gasteiger charge is 2.04. The molecule has 16 heavy (non-hydrogen) atoms. The molecule has 0 saturated heterocycles. The van der Waals surface area contributed by atoms with Crippen LogP contribution in [0.15, 0.2) is 42.6 Å². The van der Waals surface area contributed by atoms with Crippen molar-refractivity contribution in [3.63, 3.8) is 0 Å². The summed E-state index contributed by atoms with van der Waals surface area (Å²) >= 11 is 0. The molecule has 1 heterocycles. The fourth-order valence-electron chi connectivity index (χ4n) is 1.36. The summed E-state index contributed by atoms with van der Waals surface area (Å²) in [6.07, 6.45) is 1.64. The fourth-order valence-corrected chi connectivity index (χ4v) is 1.36. The van der Waals surface area contributed by atoms with Crippen LogP contribution in [0.1, 0.15) is 5.56 Å². The van der Waals surface area contributed by atoms with Crippen molar-refractivity contribution in [3.05, 3.63) is 48.2 Å². The van der Waals surface area contributed by atoms with E-state index in [1.54, 1.807) is 18.3 Å². The lowest BCUT2D eigenvalue weighted by molar-refractivity contribution is 0.987. The van der Waals surface area contributed by atoms with Gasteiger partial charge in [0.25, 0.3) is 0 Å². The molecule has 0 radical (unpaired) electrons. The third-order valence-corrected chi connectivity index (χ3v) is 2.29. The molecule has 0 aliphatic heterocycles. The van der Waals surface area contributed by atoms with E-state index in [4.69, 9.17) is 5.26 Å². The van der Waals surface area contributed by atoms with Crippen molar-refractivity contribution in [1.29, 1.82) is 5.26 Å². The van der Waals surface area contributed by atoms with Gasteiger partial charge in [-0.05, 0) is 36.4 Å². The number of hydrogen-bond donors (Lipinski definition) is 0. The second kappa shape index (κ2) is 4.41. The van der Waals surface area contributed by atoms with E-state index in [-0.39, 0.29) is 0 Å². The SMILES string of the molecule is CN(c1ccc(C#N)cc1)c1cccnn1. The molecular weight excluding hydrogens is 200 g/mol. The Balaban J connectivity index is 2.28. The Bertz CT molecular complexity index is 499. The highest BCUT2D eigenvalue weighted by Crippen LogP contribution is 2.20. The van der Waals surface area contributed by atoms with Crippen molar-refractivity contribution in [3.8, 4) is 6.07 Å². The predicted molar refractivity (Wildman–Crippen MR) is 61.3 cm³/mol. The number of anilines is 2. The standard InChI is InChI=1S/C12H10N4/c1-16(12-3-2-8-14-15-12)11-6-4-10(9-13)5-7-11/h2-8H,1H3. The fraction of sp³-hybridized carbons (Fsp3) is 0.0833. The molecule has 0 amide bonds. The summed E-state index contributed by atoms with van der Waals surface area (Å²) in [6, 6.07) is 13.1. The number of nitrogens with zero attached hydrogens (tertiary/aromatic N) is 4. The largest absolute Gasteiger partial charge is 0.328 e. The van der Waals surface area contributed by atoms with E-state index < -0.39 is 0 Å². The Hall–Kier alpha value is -2.41. The average molecular weight is 210 g/mol. The molecule has 0 bridgehead atoms. The summed E-state index contributed by atoms with van der Waals surface area (Å²) in [7, 11) is 1.91. The minimum Gasteiger partial charge on any atom is -0.328 e. The number of benzene rings is 1. The third-order valence-electron chi connectivity index (χ3n) is 2.29. The van der Waals surface area contributed by atoms with Crippen molar-refractivity contribution >= 4 is 11.5 Å². The van der Waals surface area contributed by atoms with Gasteiger partial charge >= 0.3 is 0 Å². The van der Waals surface area contributed by atoms with Crippen LogP contribution in [0.3, 0.4) is 0 Å². The lowest BCUT2D eigenvalue weighted by atomic mass is 10.2. The van der Waals surface area contributed by atoms with Crippen LogP contribution in [0, 0.1) is 11.3 Å². The molecule has 4 heteroatoms. The molecule has 0 aliphatic rings. The quantitative estimate of drug-likeness (QED) is 0.761. The molecule has 2 rings (SSSR count). The van der Waals surface area contributed by atoms with Crippen LogP contribution in [-0.4, -0.2) is 17.2 Å². The minimum absolute atomic E-state index is 0.649. The number of nitriles is 1. The summed E-state index contributed by atoms with van der Waals surface area (Å²) in [6.45, 7) is 0. The summed E-state index contributed by atoms with van der Waals surface area (Å²) in [4.78, 5) is 1.91. The topological polar surface area (TPSA) is 52.8 Å². The summed E-state index contributed by atoms with van der Waals surface area (Å²) in [5, 5.41) is 16.5. The maximum Gasteiger partial charge on any atom is 0.155 e. The molecule has 4 nitrogen and oxygen atoms in total. The van der Waals surface area contributed by atoms with Crippen LogP contribution < -0.4 is 4.90 Å². The van der Waals surface area contributed by atoms with Crippen molar-refractivity contribution in [2.24, 2.45) is 0 Å². The summed E-state index contributed by atoms with van der Waals surface area (Å²) < 4.78 is 0. The van der Waals surface area contributed by atoms with Crippen LogP contribution in [-0.2, 0) is 0 Å². The van der Waals surface area contributed by atoms with E-state index in [0.717, 1.165) is 11.5 Å². The molecule has 2 aromatic rings. The molecule has 1 aromatic carbocycles. The Morgan fingerprint density at radius 1 is 1.19 bits per heavy atom. The zero-order chi connectivity index (χ0) is 11.4. The second-order valence-corrected chi connectivity index (χ2v) is 3.30. The average Bonchev–Trinajstić information content (AvgIpc) is 2.39. The van der Waals surface area contributed by atoms with Gasteiger partial charge in [-0.3, -0.25) is 0 Å². The maximum atomic E-state index is 8.70. The summed E-state index contributed by atoms with van der Waals surface area (Å²) in [5.41, 5.74) is 1.62. The molecule has 0 saturated carbocycles. The molecule has 0 atom stereocenters. The van der Waals surface area contributed by atoms with Gasteiger partial charge in [-0.15, -0.1) is 5.10 Å². The van der Waals surface area contributed by atoms with Crippen molar-refractivity contribution < 1.29 is 0 Å². The molecule has 78 valence electrons. The minimum atomic E-state index is 0.649. The van der Waals surface area contributed by atoms with Crippen LogP contribution in [0.25, 0.3) is 0 Å². The first-order valence-electron chi connectivity index (χ1n) is 4.83. The van der Waals surface area contributed by atoms with E-state index in [1.165, 1.54) is 0 Å². The Morgan fingerprint density at radius 3 is 2.50 bits per heavy atom. The highest BCUT2D eigenvalue weighted by molar-refractivity contribution is 5.59. The van der Waals surface area contributed by atoms with Crippen LogP contribution >= 0.6 is 0 Å². The predicted octanol–water partition coefficient (Wildman–Crippen LogP) is 2.12. The molecule has 0 fully saturated rings. The molecule has 0 aliphatic carbocycles. The molecule has 0 spiro atoms. The summed E-state index contributed by atoms with van der Waals surface area (Å²) in [5.74, 6) is 0.771. The van der Waals surface area contributed by atoms with Gasteiger partial charge in [-0.1, -0.05) is 0 Å². The van der Waals surface area contributed by atoms with Crippen LogP contribution in [0.2, 0.25) is 0 Å². The highest BCUT2D eigenvalue weighted by atomic mass is 15.2. The lowest BCUT2D eigenvalue weighted by Gasteiger charge is -2.17. The monoisotopic (exact) mass is 210 g/mol. The van der Waals surface area contributed by atoms with Gasteiger partial charge in [0.15, 0.2) is 5.82 Å². The molecule has 0 N–H and O–H groups in total. The molecule has 0 unspecified atom stereocenters. The first kappa shape index (κ1) is 10.1. The first-order valence-corrected chi connectivity index (χ1v) is 4.83. The Labute approximate surface area is 93.8 Å². The first-order chi connectivity index (χ1) is 7.81. The van der Waals surface area contributed by atoms with Crippen molar-refractivity contribution in [2.75, 3.05) is 11.9 Å². The Kier molecular flexibility index (Phi) is 2.79. The number of hydrogen-bond acceptors (Lipinski definition) is 4. The van der Waals surface area contributed by atoms with Gasteiger partial charge in [0.1, 0.15) is 0 Å². The van der Waals surface area contributed by atoms with Gasteiger partial charge in [-0.25, -0.2) is 0 Å². The van der Waals surface area contributed by atoms with E-state index in [9.17, 15) is 0 Å². The lowest BCUT2D eigenvalue weighted by Crippen LogP contribution is -2.11. The molecule has 1 aromatic heterocycles. The zero-order valence-corrected chi connectivity index (χ0v) is 8.83. The van der Waals surface area contributed by atoms with E-state index in [0.29, 0.717) is 5.56 Å². The number of rotatable bonds is 2. The van der Waals surface area contributed by atoms with Crippen molar-refractivity contribution in [1.82, 2.24) is 10.2 Å². The van der Waals surface area contributed by atoms with E-state index >= 15 is 0 Å². The van der Waals surface area contributed by atoms with Gasteiger partial charge < -0.3 is 4.90 Å². The van der Waals surface area contributed by atoms with Gasteiger partial charge in [-0.2, -0.15) is 10.4 Å². The van der Waals surface area contributed by atoms with E-state index in [2.05, 4.69) is 16.3 Å². The van der Waals surface area contributed by atoms with Crippen molar-refractivity contribution in [2.45, 2.75) is 0 Å². The van der Waals surface area contributed by atoms with Gasteiger partial charge in [0, 0.05) is 18.9 Å². The zero-order valence-electron chi connectivity index (χ0n) is 8.83.